The molecule has 88 heavy (non-hydrogen) atoms. The molecule has 2 unspecified atom stereocenters. The molecule has 0 radical (unpaired) electrons. The normalized spacial score (nSPS) is 16.3. The number of carbonyl (C=O) groups excluding carboxylic acids is 2. The molecule has 0 N–H and O–H groups in total. The molecule has 8 nitrogen and oxygen atoms in total. The van der Waals surface area contributed by atoms with Crippen LogP contribution in [0.3, 0.4) is 0 Å². The number of hydrogen-bond donors (Lipinski definition) is 0. The molecule has 0 fully saturated rings. The third kappa shape index (κ3) is 11.9. The first-order valence-electron chi connectivity index (χ1n) is 35.0. The molecule has 7 aromatic rings. The van der Waals surface area contributed by atoms with E-state index in [0.717, 1.165) is 144 Å². The van der Waals surface area contributed by atoms with Gasteiger partial charge in [0.2, 0.25) is 0 Å². The van der Waals surface area contributed by atoms with E-state index in [1.807, 2.05) is 9.80 Å². The Hall–Kier alpha value is -4.88. The molecule has 4 aromatic heterocycles. The summed E-state index contributed by atoms with van der Waals surface area (Å²) in [5.74, 6) is 0.613. The van der Waals surface area contributed by atoms with Crippen molar-refractivity contribution in [2.24, 2.45) is 11.8 Å². The zero-order chi connectivity index (χ0) is 61.7. The predicted molar refractivity (Wildman–Crippen MR) is 377 cm³/mol. The number of benzene rings is 3. The smallest absolute Gasteiger partial charge is 0.261 e. The van der Waals surface area contributed by atoms with Gasteiger partial charge in [0.05, 0.1) is 55.8 Å². The van der Waals surface area contributed by atoms with Crippen LogP contribution in [-0.2, 0) is 20.4 Å². The fourth-order valence-corrected chi connectivity index (χ4v) is 19.3. The molecule has 4 aliphatic rings. The van der Waals surface area contributed by atoms with Crippen molar-refractivity contribution in [2.45, 2.75) is 260 Å². The van der Waals surface area contributed by atoms with Crippen molar-refractivity contribution in [3.8, 4) is 32.7 Å². The predicted octanol–water partition coefficient (Wildman–Crippen LogP) is 22.8. The first-order chi connectivity index (χ1) is 43.0. The number of aryl methyl sites for hydroxylation is 2. The quantitative estimate of drug-likeness (QED) is 0.0368. The van der Waals surface area contributed by atoms with Crippen LogP contribution in [0.2, 0.25) is 0 Å². The minimum Gasteiger partial charge on any atom is -0.306 e. The summed E-state index contributed by atoms with van der Waals surface area (Å²) in [7, 11) is 0. The number of amides is 2. The van der Waals surface area contributed by atoms with Crippen LogP contribution < -0.4 is 0 Å². The van der Waals surface area contributed by atoms with Gasteiger partial charge in [0.1, 0.15) is 22.1 Å². The van der Waals surface area contributed by atoms with Crippen molar-refractivity contribution in [3.05, 3.63) is 102 Å². The van der Waals surface area contributed by atoms with E-state index in [2.05, 4.69) is 118 Å². The van der Waals surface area contributed by atoms with E-state index in [1.165, 1.54) is 168 Å². The summed E-state index contributed by atoms with van der Waals surface area (Å²) in [6, 6.07) is 19.4. The molecule has 470 valence electrons. The lowest BCUT2D eigenvalue weighted by Gasteiger charge is -2.35. The molecule has 0 saturated heterocycles. The number of hydrogen-bond acceptors (Lipinski definition) is 10. The number of aromatic nitrogens is 4. The Bertz CT molecular complexity index is 3660. The monoisotopic (exact) mass is 1260 g/mol. The lowest BCUT2D eigenvalue weighted by molar-refractivity contribution is -0.124. The van der Waals surface area contributed by atoms with Gasteiger partial charge in [0.15, 0.2) is 0 Å². The van der Waals surface area contributed by atoms with Gasteiger partial charge in [-0.25, -0.2) is 0 Å². The standard InChI is InChI=1S/C76H100N6O2S4/c1-11-19-25-29-39-75(40-30-26-20-12-2)56-45-54-57(44-53(56)63-58(75)43-49(9)67-69(63)79-87-77-67)76(41-31-27-21-13-3,42-32-28-22-14-4)59-46-55(68-70(64(54)59)80-88-78-68)60-37-38-62(86-60)72-66-65(73(83)82(72)48-52(18-8)34-24-16-6)71(61-36-35-50(10)85-61)81(74(66)84)47-51(17-7)33-23-15-5/h35-38,43-46,51-52H,11-34,39-42,47-48H2,1-10H3. The van der Waals surface area contributed by atoms with E-state index in [9.17, 15) is 0 Å². The van der Waals surface area contributed by atoms with Crippen LogP contribution in [0.4, 0.5) is 0 Å². The van der Waals surface area contributed by atoms with Crippen LogP contribution in [0.1, 0.15) is 278 Å². The molecule has 2 atom stereocenters. The Kier molecular flexibility index (Phi) is 21.1. The van der Waals surface area contributed by atoms with Gasteiger partial charge in [-0.05, 0) is 146 Å². The molecule has 0 saturated carbocycles. The van der Waals surface area contributed by atoms with Crippen LogP contribution in [0, 0.1) is 25.7 Å². The molecule has 0 bridgehead atoms. The molecule has 2 amide bonds. The van der Waals surface area contributed by atoms with Crippen molar-refractivity contribution in [1.29, 1.82) is 0 Å². The topological polar surface area (TPSA) is 92.2 Å². The number of rotatable bonds is 35. The van der Waals surface area contributed by atoms with E-state index >= 15 is 9.59 Å². The molecular formula is C76H100N6O2S4. The Labute approximate surface area is 544 Å². The van der Waals surface area contributed by atoms with Gasteiger partial charge >= 0.3 is 0 Å². The summed E-state index contributed by atoms with van der Waals surface area (Å²) in [5, 5.41) is 0. The van der Waals surface area contributed by atoms with Gasteiger partial charge in [-0.3, -0.25) is 9.59 Å². The van der Waals surface area contributed by atoms with Crippen molar-refractivity contribution >= 4 is 91.4 Å². The minimum atomic E-state index is -0.248. The second-order valence-corrected chi connectivity index (χ2v) is 30.4. The van der Waals surface area contributed by atoms with Crippen molar-refractivity contribution in [1.82, 2.24) is 27.3 Å². The Morgan fingerprint density at radius 3 is 1.26 bits per heavy atom. The fourth-order valence-electron chi connectivity index (χ4n) is 16.1. The fraction of sp³-hybridized carbons (Fsp3) is 0.579. The SMILES string of the molecule is CCCCCCC1(CCCCCC)c2cc3c(cc2-c2c1cc(C)c1nsnc21)C(CCCCCC)(CCCCCC)c1cc(-c2ccc(C4=C5C(=O)N(CC(CC)CCCC)C(c6ccc(C)s6)=C5C(=O)N4CC(CC)CCCC)s2)c2nsnc2c1-3. The molecule has 6 heterocycles. The average molecular weight is 1260 g/mol. The Balaban J connectivity index is 1.12. The van der Waals surface area contributed by atoms with Crippen molar-refractivity contribution < 1.29 is 9.59 Å². The highest BCUT2D eigenvalue weighted by Crippen LogP contribution is 2.64. The van der Waals surface area contributed by atoms with Crippen molar-refractivity contribution in [2.75, 3.05) is 13.1 Å². The van der Waals surface area contributed by atoms with Gasteiger partial charge < -0.3 is 9.80 Å². The van der Waals surface area contributed by atoms with Gasteiger partial charge in [0.25, 0.3) is 11.8 Å². The van der Waals surface area contributed by atoms with Crippen LogP contribution >= 0.6 is 46.1 Å². The summed E-state index contributed by atoms with van der Waals surface area (Å²) in [4.78, 5) is 39.8. The number of fused-ring (bicyclic) bond motifs is 11. The highest BCUT2D eigenvalue weighted by Gasteiger charge is 2.52. The van der Waals surface area contributed by atoms with E-state index in [4.69, 9.17) is 17.5 Å². The molecule has 11 rings (SSSR count). The summed E-state index contributed by atoms with van der Waals surface area (Å²) in [6.07, 6.45) is 32.4. The van der Waals surface area contributed by atoms with Crippen LogP contribution in [0.5, 0.6) is 0 Å². The zero-order valence-corrected chi connectivity index (χ0v) is 58.4. The van der Waals surface area contributed by atoms with E-state index in [0.29, 0.717) is 36.1 Å². The van der Waals surface area contributed by atoms with E-state index < -0.39 is 0 Å². The van der Waals surface area contributed by atoms with Gasteiger partial charge in [-0.2, -0.15) is 17.5 Å². The summed E-state index contributed by atoms with van der Waals surface area (Å²) < 4.78 is 21.0. The lowest BCUT2D eigenvalue weighted by atomic mass is 9.68. The maximum Gasteiger partial charge on any atom is 0.261 e. The third-order valence-electron chi connectivity index (χ3n) is 21.1. The lowest BCUT2D eigenvalue weighted by Crippen LogP contribution is -2.34. The highest BCUT2D eigenvalue weighted by atomic mass is 32.1. The average Bonchev–Trinajstić information content (AvgIpc) is 1.53. The van der Waals surface area contributed by atoms with Crippen molar-refractivity contribution in [3.63, 3.8) is 0 Å². The van der Waals surface area contributed by atoms with Crippen LogP contribution in [0.25, 0.3) is 66.2 Å². The molecule has 2 aliphatic heterocycles. The van der Waals surface area contributed by atoms with E-state index in [-0.39, 0.29) is 22.6 Å². The number of unbranched alkanes of at least 4 members (excludes halogenated alkanes) is 14. The molecular weight excluding hydrogens is 1160 g/mol. The Morgan fingerprint density at radius 1 is 0.420 bits per heavy atom. The first kappa shape index (κ1) is 64.6. The molecule has 0 spiro atoms. The summed E-state index contributed by atoms with van der Waals surface area (Å²) in [6.45, 7) is 24.0. The van der Waals surface area contributed by atoms with Crippen LogP contribution in [0.15, 0.2) is 59.7 Å². The second kappa shape index (κ2) is 28.7. The van der Waals surface area contributed by atoms with Gasteiger partial charge in [0, 0.05) is 50.4 Å². The van der Waals surface area contributed by atoms with Gasteiger partial charge in [-0.15, -0.1) is 22.7 Å². The largest absolute Gasteiger partial charge is 0.306 e. The minimum absolute atomic E-state index is 0.0203. The highest BCUT2D eigenvalue weighted by molar-refractivity contribution is 7.16. The summed E-state index contributed by atoms with van der Waals surface area (Å²) >= 11 is 6.16. The number of carbonyl (C=O) groups is 2. The Morgan fingerprint density at radius 2 is 0.818 bits per heavy atom. The molecule has 2 aliphatic carbocycles. The van der Waals surface area contributed by atoms with E-state index in [1.54, 1.807) is 22.7 Å². The maximum atomic E-state index is 15.7. The number of nitrogens with zero attached hydrogens (tertiary/aromatic N) is 6. The van der Waals surface area contributed by atoms with Gasteiger partial charge in [-0.1, -0.05) is 203 Å². The zero-order valence-electron chi connectivity index (χ0n) is 55.1. The third-order valence-corrected chi connectivity index (χ3v) is 24.3. The summed E-state index contributed by atoms with van der Waals surface area (Å²) in [5.41, 5.74) is 20.2. The maximum absolute atomic E-state index is 15.7. The second-order valence-electron chi connectivity index (χ2n) is 26.9. The molecule has 12 heteroatoms. The molecule has 3 aromatic carbocycles. The number of thiophene rings is 2. The van der Waals surface area contributed by atoms with Crippen LogP contribution in [-0.4, -0.2) is 52.2 Å². The first-order valence-corrected chi connectivity index (χ1v) is 38.1.